The molecule has 1 aromatic rings. The van der Waals surface area contributed by atoms with Crippen molar-refractivity contribution in [2.75, 3.05) is 0 Å². The molecule has 2 heterocycles. The Balaban J connectivity index is 2.01. The van der Waals surface area contributed by atoms with Gasteiger partial charge in [-0.25, -0.2) is 9.79 Å². The molecule has 0 aromatic heterocycles. The molecule has 3 amide bonds. The molecule has 3 aliphatic rings. The van der Waals surface area contributed by atoms with Crippen LogP contribution >= 0.6 is 0 Å². The number of fused-ring (bicyclic) bond motifs is 5. The zero-order valence-electron chi connectivity index (χ0n) is 10.5. The third-order valence-electron chi connectivity index (χ3n) is 4.14. The number of amidine groups is 1. The Kier molecular flexibility index (Phi) is 1.95. The highest BCUT2D eigenvalue weighted by molar-refractivity contribution is 6.25. The third-order valence-corrected chi connectivity index (χ3v) is 4.14. The summed E-state index contributed by atoms with van der Waals surface area (Å²) >= 11 is 0. The second kappa shape index (κ2) is 3.35. The summed E-state index contributed by atoms with van der Waals surface area (Å²) in [5.41, 5.74) is -4.52. The maximum Gasteiger partial charge on any atom is 0.326 e. The molecule has 3 unspecified atom stereocenters. The van der Waals surface area contributed by atoms with Gasteiger partial charge in [-0.2, -0.15) is 0 Å². The second-order valence-corrected chi connectivity index (χ2v) is 5.19. The van der Waals surface area contributed by atoms with E-state index in [1.54, 1.807) is 12.1 Å². The number of aliphatic imine (C=N–C) groups is 1. The number of ketones is 1. The van der Waals surface area contributed by atoms with E-state index in [0.29, 0.717) is 0 Å². The van der Waals surface area contributed by atoms with Crippen LogP contribution < -0.4 is 10.6 Å². The van der Waals surface area contributed by atoms with Crippen molar-refractivity contribution in [1.82, 2.24) is 10.6 Å². The van der Waals surface area contributed by atoms with Crippen LogP contribution in [0, 0.1) is 5.92 Å². The summed E-state index contributed by atoms with van der Waals surface area (Å²) in [7, 11) is 0. The van der Waals surface area contributed by atoms with Crippen molar-refractivity contribution in [3.63, 3.8) is 0 Å². The Bertz CT molecular complexity index is 773. The molecule has 1 aliphatic carbocycles. The maximum absolute atomic E-state index is 12.5. The normalized spacial score (nSPS) is 36.4. The van der Waals surface area contributed by atoms with Crippen LogP contribution in [0.4, 0.5) is 4.79 Å². The summed E-state index contributed by atoms with van der Waals surface area (Å²) in [4.78, 5) is 39.7. The summed E-state index contributed by atoms with van der Waals surface area (Å²) in [5, 5.41) is 25.8. The molecular formula is C13H9N3O5. The number of Topliss-reactive ketones (excluding diaryl/α,β-unsaturated/α-hetero) is 1. The van der Waals surface area contributed by atoms with E-state index in [9.17, 15) is 24.6 Å². The van der Waals surface area contributed by atoms with Crippen LogP contribution in [0.2, 0.25) is 0 Å². The molecule has 4 rings (SSSR count). The first-order chi connectivity index (χ1) is 9.89. The van der Waals surface area contributed by atoms with Gasteiger partial charge in [-0.15, -0.1) is 0 Å². The highest BCUT2D eigenvalue weighted by Gasteiger charge is 2.73. The van der Waals surface area contributed by atoms with Crippen LogP contribution in [0.5, 0.6) is 0 Å². The zero-order chi connectivity index (χ0) is 15.0. The topological polar surface area (TPSA) is 128 Å². The molecule has 4 N–H and O–H groups in total. The molecule has 1 fully saturated rings. The van der Waals surface area contributed by atoms with Crippen LogP contribution in [0.25, 0.3) is 0 Å². The predicted molar refractivity (Wildman–Crippen MR) is 67.2 cm³/mol. The van der Waals surface area contributed by atoms with Crippen molar-refractivity contribution in [1.29, 1.82) is 0 Å². The number of nitrogens with zero attached hydrogens (tertiary/aromatic N) is 1. The summed E-state index contributed by atoms with van der Waals surface area (Å²) in [6, 6.07) is 5.24. The summed E-state index contributed by atoms with van der Waals surface area (Å²) in [5.74, 6) is -3.34. The first-order valence-electron chi connectivity index (χ1n) is 6.20. The minimum absolute atomic E-state index is 0.106. The molecular weight excluding hydrogens is 278 g/mol. The lowest BCUT2D eigenvalue weighted by Gasteiger charge is -2.33. The smallest absolute Gasteiger partial charge is 0.326 e. The lowest BCUT2D eigenvalue weighted by atomic mass is 9.80. The predicted octanol–water partition coefficient (Wildman–Crippen LogP) is -1.37. The average Bonchev–Trinajstić information content (AvgIpc) is 2.75. The molecule has 1 saturated heterocycles. The van der Waals surface area contributed by atoms with Crippen LogP contribution in [-0.4, -0.2) is 39.4 Å². The molecule has 0 spiro atoms. The molecule has 106 valence electrons. The van der Waals surface area contributed by atoms with E-state index in [1.165, 1.54) is 12.1 Å². The average molecular weight is 287 g/mol. The third kappa shape index (κ3) is 1.13. The molecule has 0 bridgehead atoms. The van der Waals surface area contributed by atoms with Crippen molar-refractivity contribution >= 4 is 23.6 Å². The lowest BCUT2D eigenvalue weighted by Crippen LogP contribution is -2.64. The Morgan fingerprint density at radius 3 is 2.57 bits per heavy atom. The fourth-order valence-corrected chi connectivity index (χ4v) is 3.21. The van der Waals surface area contributed by atoms with Crippen molar-refractivity contribution in [3.8, 4) is 0 Å². The standard InChI is InChI=1S/C13H9N3O5/c17-8-5-3-1-2-4-6(5)13(21)12(8,20)7-9(16-13)14-11(19)15-10(7)18/h1-4,7,20-21H,(H2,14,15,16,18,19). The number of urea groups is 1. The summed E-state index contributed by atoms with van der Waals surface area (Å²) in [6.07, 6.45) is 0. The summed E-state index contributed by atoms with van der Waals surface area (Å²) in [6.45, 7) is 0. The Labute approximate surface area is 117 Å². The van der Waals surface area contributed by atoms with Crippen LogP contribution in [0.1, 0.15) is 15.9 Å². The molecule has 0 saturated carbocycles. The number of hydrogen-bond acceptors (Lipinski definition) is 6. The van der Waals surface area contributed by atoms with Crippen molar-refractivity contribution in [2.45, 2.75) is 11.3 Å². The van der Waals surface area contributed by atoms with E-state index in [4.69, 9.17) is 0 Å². The molecule has 21 heavy (non-hydrogen) atoms. The first-order valence-corrected chi connectivity index (χ1v) is 6.20. The number of nitrogens with one attached hydrogen (secondary N) is 2. The van der Waals surface area contributed by atoms with E-state index in [2.05, 4.69) is 10.3 Å². The van der Waals surface area contributed by atoms with Gasteiger partial charge in [-0.1, -0.05) is 24.3 Å². The van der Waals surface area contributed by atoms with Gasteiger partial charge in [0.2, 0.25) is 23.0 Å². The zero-order valence-corrected chi connectivity index (χ0v) is 10.5. The highest BCUT2D eigenvalue weighted by Crippen LogP contribution is 2.53. The number of hydrogen-bond donors (Lipinski definition) is 4. The van der Waals surface area contributed by atoms with Crippen LogP contribution in [0.15, 0.2) is 29.3 Å². The molecule has 2 aliphatic heterocycles. The van der Waals surface area contributed by atoms with Gasteiger partial charge in [-0.05, 0) is 0 Å². The van der Waals surface area contributed by atoms with Crippen molar-refractivity contribution in [2.24, 2.45) is 10.9 Å². The van der Waals surface area contributed by atoms with E-state index in [-0.39, 0.29) is 17.0 Å². The van der Waals surface area contributed by atoms with Gasteiger partial charge >= 0.3 is 6.03 Å². The Morgan fingerprint density at radius 1 is 1.10 bits per heavy atom. The molecule has 3 atom stereocenters. The number of imide groups is 1. The number of rotatable bonds is 0. The van der Waals surface area contributed by atoms with Crippen molar-refractivity contribution in [3.05, 3.63) is 35.4 Å². The van der Waals surface area contributed by atoms with E-state index in [0.717, 1.165) is 0 Å². The van der Waals surface area contributed by atoms with E-state index < -0.39 is 35.0 Å². The number of benzene rings is 1. The fourth-order valence-electron chi connectivity index (χ4n) is 3.21. The Morgan fingerprint density at radius 2 is 1.81 bits per heavy atom. The van der Waals surface area contributed by atoms with Gasteiger partial charge in [0.15, 0.2) is 0 Å². The molecule has 8 nitrogen and oxygen atoms in total. The summed E-state index contributed by atoms with van der Waals surface area (Å²) < 4.78 is 0. The van der Waals surface area contributed by atoms with E-state index in [1.807, 2.05) is 5.32 Å². The van der Waals surface area contributed by atoms with Gasteiger partial charge in [0.25, 0.3) is 0 Å². The largest absolute Gasteiger partial charge is 0.376 e. The molecule has 0 radical (unpaired) electrons. The minimum Gasteiger partial charge on any atom is -0.376 e. The number of carbonyl (C=O) groups is 3. The van der Waals surface area contributed by atoms with Crippen molar-refractivity contribution < 1.29 is 24.6 Å². The molecule has 8 heteroatoms. The van der Waals surface area contributed by atoms with Gasteiger partial charge < -0.3 is 10.2 Å². The lowest BCUT2D eigenvalue weighted by molar-refractivity contribution is -0.145. The van der Waals surface area contributed by atoms with Gasteiger partial charge in [0.1, 0.15) is 11.8 Å². The second-order valence-electron chi connectivity index (χ2n) is 5.19. The van der Waals surface area contributed by atoms with Gasteiger partial charge in [-0.3, -0.25) is 20.2 Å². The van der Waals surface area contributed by atoms with E-state index >= 15 is 0 Å². The van der Waals surface area contributed by atoms with Gasteiger partial charge in [0.05, 0.1) is 0 Å². The number of carbonyl (C=O) groups excluding carboxylic acids is 3. The first kappa shape index (κ1) is 12.2. The van der Waals surface area contributed by atoms with Gasteiger partial charge in [0, 0.05) is 11.1 Å². The minimum atomic E-state index is -2.45. The maximum atomic E-state index is 12.5. The van der Waals surface area contributed by atoms with Crippen LogP contribution in [0.3, 0.4) is 0 Å². The highest BCUT2D eigenvalue weighted by atomic mass is 16.4. The fraction of sp³-hybridized carbons (Fsp3) is 0.231. The SMILES string of the molecule is O=C1NC(=O)C2C(=NC3(O)c4ccccc4C(=O)C23O)N1. The number of amides is 3. The number of aliphatic hydroxyl groups is 2. The van der Waals surface area contributed by atoms with Crippen LogP contribution in [-0.2, 0) is 10.5 Å². The monoisotopic (exact) mass is 287 g/mol. The quantitative estimate of drug-likeness (QED) is 0.468. The molecule has 1 aromatic carbocycles. The Hall–Kier alpha value is -2.58.